The maximum absolute atomic E-state index is 6.27. The van der Waals surface area contributed by atoms with Gasteiger partial charge in [0.2, 0.25) is 0 Å². The van der Waals surface area contributed by atoms with E-state index in [4.69, 9.17) is 11.6 Å². The SMILES string of the molecule is C=C1/C=C\C=C/CC2=C(CCC=C2)N1c1ccccc1-c1cccc(Cl)c1. The van der Waals surface area contributed by atoms with E-state index in [0.29, 0.717) is 0 Å². The maximum atomic E-state index is 6.27. The van der Waals surface area contributed by atoms with Crippen LogP contribution in [0.1, 0.15) is 19.3 Å². The van der Waals surface area contributed by atoms with Crippen molar-refractivity contribution in [3.63, 3.8) is 0 Å². The molecule has 2 aromatic rings. The highest BCUT2D eigenvalue weighted by Gasteiger charge is 2.21. The van der Waals surface area contributed by atoms with E-state index in [2.05, 4.69) is 78.3 Å². The fourth-order valence-corrected chi connectivity index (χ4v) is 3.89. The molecule has 1 heterocycles. The number of halogens is 1. The van der Waals surface area contributed by atoms with Crippen LogP contribution >= 0.6 is 11.6 Å². The van der Waals surface area contributed by atoms with Crippen molar-refractivity contribution in [2.24, 2.45) is 0 Å². The van der Waals surface area contributed by atoms with Crippen molar-refractivity contribution in [1.82, 2.24) is 0 Å². The molecule has 0 bridgehead atoms. The summed E-state index contributed by atoms with van der Waals surface area (Å²) in [5.74, 6) is 0. The molecule has 2 aromatic carbocycles. The van der Waals surface area contributed by atoms with Gasteiger partial charge in [-0.15, -0.1) is 0 Å². The normalized spacial score (nSPS) is 19.1. The Kier molecular flexibility index (Phi) is 5.13. The summed E-state index contributed by atoms with van der Waals surface area (Å²) in [5.41, 5.74) is 7.05. The van der Waals surface area contributed by atoms with E-state index < -0.39 is 0 Å². The van der Waals surface area contributed by atoms with E-state index in [1.54, 1.807) is 0 Å². The smallest absolute Gasteiger partial charge is 0.0536 e. The summed E-state index contributed by atoms with van der Waals surface area (Å²) in [7, 11) is 0. The van der Waals surface area contributed by atoms with Crippen LogP contribution in [0.25, 0.3) is 11.1 Å². The molecule has 2 aliphatic rings. The monoisotopic (exact) mass is 371 g/mol. The van der Waals surface area contributed by atoms with Gasteiger partial charge in [0.1, 0.15) is 0 Å². The van der Waals surface area contributed by atoms with Gasteiger partial charge in [0.25, 0.3) is 0 Å². The zero-order valence-electron chi connectivity index (χ0n) is 15.2. The molecule has 0 saturated heterocycles. The molecular formula is C25H22ClN. The van der Waals surface area contributed by atoms with Crippen molar-refractivity contribution in [3.05, 3.63) is 114 Å². The van der Waals surface area contributed by atoms with Crippen LogP contribution in [0, 0.1) is 0 Å². The Labute approximate surface area is 166 Å². The average molecular weight is 372 g/mol. The van der Waals surface area contributed by atoms with E-state index in [1.165, 1.54) is 11.3 Å². The van der Waals surface area contributed by atoms with Crippen LogP contribution in [0.2, 0.25) is 5.02 Å². The summed E-state index contributed by atoms with van der Waals surface area (Å²) in [4.78, 5) is 2.32. The minimum atomic E-state index is 0.746. The number of nitrogens with zero attached hydrogens (tertiary/aromatic N) is 1. The van der Waals surface area contributed by atoms with Crippen LogP contribution in [-0.2, 0) is 0 Å². The van der Waals surface area contributed by atoms with Crippen LogP contribution in [0.15, 0.2) is 109 Å². The molecule has 0 atom stereocenters. The van der Waals surface area contributed by atoms with Crippen LogP contribution in [-0.4, -0.2) is 0 Å². The molecule has 0 spiro atoms. The first kappa shape index (κ1) is 17.6. The van der Waals surface area contributed by atoms with Gasteiger partial charge >= 0.3 is 0 Å². The predicted octanol–water partition coefficient (Wildman–Crippen LogP) is 7.45. The van der Waals surface area contributed by atoms with Crippen molar-refractivity contribution >= 4 is 17.3 Å². The molecule has 27 heavy (non-hydrogen) atoms. The molecule has 0 aromatic heterocycles. The van der Waals surface area contributed by atoms with Crippen LogP contribution < -0.4 is 4.90 Å². The molecule has 4 rings (SSSR count). The van der Waals surface area contributed by atoms with Crippen LogP contribution in [0.4, 0.5) is 5.69 Å². The molecule has 134 valence electrons. The van der Waals surface area contributed by atoms with Crippen LogP contribution in [0.5, 0.6) is 0 Å². The number of anilines is 1. The van der Waals surface area contributed by atoms with Gasteiger partial charge in [-0.05, 0) is 54.7 Å². The second-order valence-corrected chi connectivity index (χ2v) is 7.20. The zero-order chi connectivity index (χ0) is 18.6. The first-order valence-corrected chi connectivity index (χ1v) is 9.67. The summed E-state index contributed by atoms with van der Waals surface area (Å²) in [6, 6.07) is 16.5. The largest absolute Gasteiger partial charge is 0.314 e. The summed E-state index contributed by atoms with van der Waals surface area (Å²) in [6.45, 7) is 4.38. The number of hydrogen-bond donors (Lipinski definition) is 0. The second kappa shape index (κ2) is 7.85. The fourth-order valence-electron chi connectivity index (χ4n) is 3.70. The zero-order valence-corrected chi connectivity index (χ0v) is 16.0. The Balaban J connectivity index is 1.91. The average Bonchev–Trinajstić information content (AvgIpc) is 2.76. The first-order chi connectivity index (χ1) is 13.2. The third-order valence-electron chi connectivity index (χ3n) is 4.95. The molecule has 0 amide bonds. The molecular weight excluding hydrogens is 350 g/mol. The van der Waals surface area contributed by atoms with E-state index in [-0.39, 0.29) is 0 Å². The predicted molar refractivity (Wildman–Crippen MR) is 117 cm³/mol. The van der Waals surface area contributed by atoms with Crippen molar-refractivity contribution in [2.75, 3.05) is 4.90 Å². The quantitative estimate of drug-likeness (QED) is 0.529. The highest BCUT2D eigenvalue weighted by molar-refractivity contribution is 6.30. The third-order valence-corrected chi connectivity index (χ3v) is 5.18. The lowest BCUT2D eigenvalue weighted by Crippen LogP contribution is -2.23. The summed E-state index contributed by atoms with van der Waals surface area (Å²) in [5, 5.41) is 0.746. The molecule has 0 saturated carbocycles. The van der Waals surface area contributed by atoms with Gasteiger partial charge in [0, 0.05) is 22.0 Å². The van der Waals surface area contributed by atoms with E-state index in [0.717, 1.165) is 46.8 Å². The molecule has 0 radical (unpaired) electrons. The summed E-state index contributed by atoms with van der Waals surface area (Å²) >= 11 is 6.27. The van der Waals surface area contributed by atoms with Crippen molar-refractivity contribution in [2.45, 2.75) is 19.3 Å². The lowest BCUT2D eigenvalue weighted by molar-refractivity contribution is 0.874. The van der Waals surface area contributed by atoms with Gasteiger partial charge in [-0.25, -0.2) is 0 Å². The standard InChI is InChI=1S/C25H22ClN/c1-19-10-3-2-4-11-20-12-5-7-16-24(20)27(19)25-17-8-6-15-23(25)21-13-9-14-22(26)18-21/h2-6,8-10,12-15,17-18H,1,7,11,16H2/b4-2-,10-3-. The Bertz CT molecular complexity index is 991. The molecule has 1 aliphatic carbocycles. The van der Waals surface area contributed by atoms with E-state index in [9.17, 15) is 0 Å². The van der Waals surface area contributed by atoms with Crippen molar-refractivity contribution in [3.8, 4) is 11.1 Å². The Morgan fingerprint density at radius 1 is 0.926 bits per heavy atom. The molecule has 2 heteroatoms. The Morgan fingerprint density at radius 2 is 1.81 bits per heavy atom. The second-order valence-electron chi connectivity index (χ2n) is 6.76. The number of benzene rings is 2. The van der Waals surface area contributed by atoms with Gasteiger partial charge in [-0.1, -0.05) is 78.9 Å². The minimum absolute atomic E-state index is 0.746. The van der Waals surface area contributed by atoms with Gasteiger partial charge < -0.3 is 4.90 Å². The van der Waals surface area contributed by atoms with E-state index >= 15 is 0 Å². The summed E-state index contributed by atoms with van der Waals surface area (Å²) < 4.78 is 0. The fraction of sp³-hybridized carbons (Fsp3) is 0.120. The van der Waals surface area contributed by atoms with Crippen LogP contribution in [0.3, 0.4) is 0 Å². The van der Waals surface area contributed by atoms with Crippen molar-refractivity contribution in [1.29, 1.82) is 0 Å². The summed E-state index contributed by atoms with van der Waals surface area (Å²) in [6.07, 6.45) is 16.0. The Morgan fingerprint density at radius 3 is 2.70 bits per heavy atom. The molecule has 1 aliphatic heterocycles. The van der Waals surface area contributed by atoms with Gasteiger partial charge in [0.05, 0.1) is 5.69 Å². The molecule has 0 unspecified atom stereocenters. The first-order valence-electron chi connectivity index (χ1n) is 9.30. The topological polar surface area (TPSA) is 3.24 Å². The van der Waals surface area contributed by atoms with E-state index in [1.807, 2.05) is 18.2 Å². The lowest BCUT2D eigenvalue weighted by Gasteiger charge is -2.32. The van der Waals surface area contributed by atoms with Gasteiger partial charge in [0.15, 0.2) is 0 Å². The minimum Gasteiger partial charge on any atom is -0.314 e. The third kappa shape index (κ3) is 3.70. The number of hydrogen-bond acceptors (Lipinski definition) is 1. The lowest BCUT2D eigenvalue weighted by atomic mass is 9.96. The highest BCUT2D eigenvalue weighted by atomic mass is 35.5. The maximum Gasteiger partial charge on any atom is 0.0536 e. The van der Waals surface area contributed by atoms with Gasteiger partial charge in [-0.3, -0.25) is 0 Å². The number of rotatable bonds is 2. The Hall–Kier alpha value is -2.77. The highest BCUT2D eigenvalue weighted by Crippen LogP contribution is 2.39. The number of para-hydroxylation sites is 1. The molecule has 0 N–H and O–H groups in total. The van der Waals surface area contributed by atoms with Crippen molar-refractivity contribution < 1.29 is 0 Å². The van der Waals surface area contributed by atoms with Gasteiger partial charge in [-0.2, -0.15) is 0 Å². The molecule has 1 nitrogen and oxygen atoms in total. The molecule has 0 fully saturated rings. The number of allylic oxidation sites excluding steroid dienone is 8.